The summed E-state index contributed by atoms with van der Waals surface area (Å²) in [6.07, 6.45) is 1.95. The molecule has 2 aromatic rings. The predicted octanol–water partition coefficient (Wildman–Crippen LogP) is 4.45. The lowest BCUT2D eigenvalue weighted by molar-refractivity contribution is -0.150. The third-order valence-electron chi connectivity index (χ3n) is 6.98. The van der Waals surface area contributed by atoms with Crippen molar-refractivity contribution < 1.29 is 24.2 Å². The molecule has 2 aromatic carbocycles. The summed E-state index contributed by atoms with van der Waals surface area (Å²) in [4.78, 5) is 37.0. The van der Waals surface area contributed by atoms with Crippen LogP contribution in [0, 0.1) is 5.92 Å². The highest BCUT2D eigenvalue weighted by Gasteiger charge is 2.43. The Morgan fingerprint density at radius 3 is 2.29 bits per heavy atom. The molecule has 2 amide bonds. The lowest BCUT2D eigenvalue weighted by atomic mass is 9.76. The molecule has 0 aromatic heterocycles. The minimum Gasteiger partial charge on any atom is -0.480 e. The lowest BCUT2D eigenvalue weighted by Crippen LogP contribution is -2.57. The van der Waals surface area contributed by atoms with Crippen LogP contribution in [0.2, 0.25) is 0 Å². The summed E-state index contributed by atoms with van der Waals surface area (Å²) in [6.45, 7) is 3.90. The molecule has 1 fully saturated rings. The second-order valence-corrected chi connectivity index (χ2v) is 9.71. The summed E-state index contributed by atoms with van der Waals surface area (Å²) in [5.41, 5.74) is 3.34. The topological polar surface area (TPSA) is 105 Å². The molecule has 7 nitrogen and oxygen atoms in total. The van der Waals surface area contributed by atoms with E-state index in [0.29, 0.717) is 12.8 Å². The number of hydrogen-bond donors (Lipinski definition) is 3. The van der Waals surface area contributed by atoms with Gasteiger partial charge >= 0.3 is 12.1 Å². The number of carboxylic acids is 1. The second kappa shape index (κ2) is 9.87. The van der Waals surface area contributed by atoms with Crippen molar-refractivity contribution in [3.63, 3.8) is 0 Å². The maximum absolute atomic E-state index is 12.6. The molecule has 2 aliphatic carbocycles. The van der Waals surface area contributed by atoms with Crippen LogP contribution in [-0.4, -0.2) is 41.3 Å². The zero-order valence-electron chi connectivity index (χ0n) is 19.7. The summed E-state index contributed by atoms with van der Waals surface area (Å²) in [5, 5.41) is 15.2. The van der Waals surface area contributed by atoms with Gasteiger partial charge in [0.2, 0.25) is 5.91 Å². The van der Waals surface area contributed by atoms with Gasteiger partial charge in [0.1, 0.15) is 12.1 Å². The van der Waals surface area contributed by atoms with E-state index in [1.54, 1.807) is 6.92 Å². The van der Waals surface area contributed by atoms with Crippen molar-refractivity contribution >= 4 is 18.0 Å². The number of ether oxygens (including phenoxy) is 1. The second-order valence-electron chi connectivity index (χ2n) is 9.71. The number of carboxylic acid groups (broad SMARTS) is 1. The zero-order chi connectivity index (χ0) is 24.3. The molecule has 0 radical (unpaired) electrons. The molecule has 0 bridgehead atoms. The van der Waals surface area contributed by atoms with E-state index in [-0.39, 0.29) is 30.8 Å². The van der Waals surface area contributed by atoms with E-state index in [1.165, 1.54) is 0 Å². The number of alkyl carbamates (subject to hydrolysis) is 1. The van der Waals surface area contributed by atoms with Gasteiger partial charge in [-0.15, -0.1) is 0 Å². The Bertz CT molecular complexity index is 1040. The van der Waals surface area contributed by atoms with Crippen LogP contribution in [0.3, 0.4) is 0 Å². The van der Waals surface area contributed by atoms with E-state index in [4.69, 9.17) is 4.74 Å². The zero-order valence-corrected chi connectivity index (χ0v) is 19.7. The number of hydrogen-bond acceptors (Lipinski definition) is 4. The van der Waals surface area contributed by atoms with Gasteiger partial charge in [-0.1, -0.05) is 68.3 Å². The first-order valence-electron chi connectivity index (χ1n) is 11.9. The van der Waals surface area contributed by atoms with Crippen molar-refractivity contribution in [2.45, 2.75) is 63.5 Å². The van der Waals surface area contributed by atoms with Crippen molar-refractivity contribution in [1.29, 1.82) is 0 Å². The van der Waals surface area contributed by atoms with Crippen LogP contribution >= 0.6 is 0 Å². The molecule has 4 rings (SSSR count). The number of benzene rings is 2. The van der Waals surface area contributed by atoms with Gasteiger partial charge in [-0.2, -0.15) is 0 Å². The van der Waals surface area contributed by atoms with Crippen molar-refractivity contribution in [3.05, 3.63) is 59.7 Å². The average Bonchev–Trinajstić information content (AvgIpc) is 3.11. The summed E-state index contributed by atoms with van der Waals surface area (Å²) >= 11 is 0. The van der Waals surface area contributed by atoms with E-state index >= 15 is 0 Å². The number of nitrogens with one attached hydrogen (secondary N) is 2. The molecule has 3 N–H and O–H groups in total. The summed E-state index contributed by atoms with van der Waals surface area (Å²) in [6, 6.07) is 15.7. The first-order chi connectivity index (χ1) is 16.3. The first-order valence-corrected chi connectivity index (χ1v) is 11.9. The average molecular weight is 465 g/mol. The van der Waals surface area contributed by atoms with Gasteiger partial charge in [-0.3, -0.25) is 4.79 Å². The van der Waals surface area contributed by atoms with E-state index in [1.807, 2.05) is 31.2 Å². The van der Waals surface area contributed by atoms with Crippen LogP contribution in [0.5, 0.6) is 0 Å². The number of carbonyl (C=O) groups is 3. The van der Waals surface area contributed by atoms with Gasteiger partial charge in [0, 0.05) is 18.4 Å². The quantitative estimate of drug-likeness (QED) is 0.561. The van der Waals surface area contributed by atoms with Crippen molar-refractivity contribution in [2.24, 2.45) is 5.92 Å². The molecule has 7 heteroatoms. The van der Waals surface area contributed by atoms with Gasteiger partial charge in [-0.25, -0.2) is 9.59 Å². The normalized spacial score (nSPS) is 22.2. The number of rotatable bonds is 7. The Labute approximate surface area is 199 Å². The third-order valence-corrected chi connectivity index (χ3v) is 6.98. The minimum absolute atomic E-state index is 0.0202. The largest absolute Gasteiger partial charge is 0.480 e. The molecule has 0 spiro atoms. The van der Waals surface area contributed by atoms with Crippen LogP contribution in [-0.2, 0) is 14.3 Å². The van der Waals surface area contributed by atoms with Crippen LogP contribution in [0.15, 0.2) is 48.5 Å². The SMILES string of the molecule is CC1CCCC(NC(=O)C[C@@H](C)NC(=O)OCC2c3ccccc3-c3ccccc32)(C(=O)O)C1. The Morgan fingerprint density at radius 2 is 1.71 bits per heavy atom. The van der Waals surface area contributed by atoms with Gasteiger partial charge in [0.05, 0.1) is 0 Å². The van der Waals surface area contributed by atoms with E-state index < -0.39 is 23.6 Å². The lowest BCUT2D eigenvalue weighted by Gasteiger charge is -2.37. The smallest absolute Gasteiger partial charge is 0.407 e. The van der Waals surface area contributed by atoms with E-state index in [0.717, 1.165) is 35.1 Å². The maximum atomic E-state index is 12.6. The Kier molecular flexibility index (Phi) is 6.91. The number of aliphatic carboxylic acids is 1. The Balaban J connectivity index is 1.31. The molecule has 2 unspecified atom stereocenters. The first kappa shape index (κ1) is 23.8. The number of carbonyl (C=O) groups excluding carboxylic acids is 2. The highest BCUT2D eigenvalue weighted by Crippen LogP contribution is 2.44. The van der Waals surface area contributed by atoms with E-state index in [9.17, 15) is 19.5 Å². The third kappa shape index (κ3) is 4.93. The molecule has 2 aliphatic rings. The van der Waals surface area contributed by atoms with Crippen molar-refractivity contribution in [2.75, 3.05) is 6.61 Å². The molecule has 3 atom stereocenters. The standard InChI is InChI=1S/C27H32N2O5/c1-17-8-7-13-27(15-17,25(31)32)29-24(30)14-18(2)28-26(33)34-16-23-21-11-5-3-9-19(21)20-10-4-6-12-22(20)23/h3-6,9-12,17-18,23H,7-8,13-16H2,1-2H3,(H,28,33)(H,29,30)(H,31,32)/t17?,18-,27?/m1/s1. The monoisotopic (exact) mass is 464 g/mol. The molecule has 0 saturated heterocycles. The minimum atomic E-state index is -1.22. The molecular formula is C27H32N2O5. The summed E-state index contributed by atoms with van der Waals surface area (Å²) in [5.74, 6) is -1.19. The molecule has 0 aliphatic heterocycles. The van der Waals surface area contributed by atoms with Gasteiger partial charge in [-0.05, 0) is 47.9 Å². The molecule has 34 heavy (non-hydrogen) atoms. The van der Waals surface area contributed by atoms with Crippen LogP contribution < -0.4 is 10.6 Å². The molecule has 180 valence electrons. The summed E-state index contributed by atoms with van der Waals surface area (Å²) in [7, 11) is 0. The van der Waals surface area contributed by atoms with E-state index in [2.05, 4.69) is 34.9 Å². The Hall–Kier alpha value is -3.35. The van der Waals surface area contributed by atoms with Gasteiger partial charge in [0.25, 0.3) is 0 Å². The Morgan fingerprint density at radius 1 is 1.09 bits per heavy atom. The molecule has 1 saturated carbocycles. The van der Waals surface area contributed by atoms with Gasteiger partial charge in [0.15, 0.2) is 0 Å². The maximum Gasteiger partial charge on any atom is 0.407 e. The van der Waals surface area contributed by atoms with Crippen LogP contribution in [0.1, 0.15) is 63.0 Å². The highest BCUT2D eigenvalue weighted by molar-refractivity contribution is 5.87. The van der Waals surface area contributed by atoms with Gasteiger partial charge < -0.3 is 20.5 Å². The molecular weight excluding hydrogens is 432 g/mol. The fraction of sp³-hybridized carbons (Fsp3) is 0.444. The number of amides is 2. The fourth-order valence-corrected chi connectivity index (χ4v) is 5.40. The van der Waals surface area contributed by atoms with Crippen molar-refractivity contribution in [3.8, 4) is 11.1 Å². The fourth-order valence-electron chi connectivity index (χ4n) is 5.40. The summed E-state index contributed by atoms with van der Waals surface area (Å²) < 4.78 is 5.54. The molecule has 0 heterocycles. The number of fused-ring (bicyclic) bond motifs is 3. The highest BCUT2D eigenvalue weighted by atomic mass is 16.5. The van der Waals surface area contributed by atoms with Crippen molar-refractivity contribution in [1.82, 2.24) is 10.6 Å². The van der Waals surface area contributed by atoms with Crippen LogP contribution in [0.25, 0.3) is 11.1 Å². The van der Waals surface area contributed by atoms with Crippen LogP contribution in [0.4, 0.5) is 4.79 Å². The predicted molar refractivity (Wildman–Crippen MR) is 128 cm³/mol.